The third kappa shape index (κ3) is 2.21. The zero-order chi connectivity index (χ0) is 12.5. The molecule has 1 aromatic rings. The predicted octanol–water partition coefficient (Wildman–Crippen LogP) is 2.14. The lowest BCUT2D eigenvalue weighted by Crippen LogP contribution is -2.27. The Bertz CT molecular complexity index is 487. The van der Waals surface area contributed by atoms with E-state index in [2.05, 4.69) is 16.9 Å². The second kappa shape index (κ2) is 4.84. The first-order valence-electron chi connectivity index (χ1n) is 6.93. The van der Waals surface area contributed by atoms with Crippen molar-refractivity contribution in [2.45, 2.75) is 51.6 Å². The standard InChI is InChI=1S/C14H20N2O2/c1-9-2-4-10(5-3-9)13-15-12-6-7-18-8-11(12)14(17)16-13/h9-10H,2-8H2,1H3,(H,15,16,17). The zero-order valence-corrected chi connectivity index (χ0v) is 10.9. The van der Waals surface area contributed by atoms with Crippen LogP contribution in [0.15, 0.2) is 4.79 Å². The molecule has 0 aromatic carbocycles. The van der Waals surface area contributed by atoms with Crippen LogP contribution in [0.4, 0.5) is 0 Å². The number of hydrogen-bond acceptors (Lipinski definition) is 3. The number of fused-ring (bicyclic) bond motifs is 1. The van der Waals surface area contributed by atoms with Crippen molar-refractivity contribution in [2.75, 3.05) is 6.61 Å². The minimum Gasteiger partial charge on any atom is -0.376 e. The molecule has 1 fully saturated rings. The molecular weight excluding hydrogens is 228 g/mol. The molecule has 4 nitrogen and oxygen atoms in total. The second-order valence-corrected chi connectivity index (χ2v) is 5.64. The highest BCUT2D eigenvalue weighted by atomic mass is 16.5. The Balaban J connectivity index is 1.89. The van der Waals surface area contributed by atoms with E-state index >= 15 is 0 Å². The van der Waals surface area contributed by atoms with E-state index in [1.54, 1.807) is 0 Å². The van der Waals surface area contributed by atoms with Crippen molar-refractivity contribution < 1.29 is 4.74 Å². The average Bonchev–Trinajstić information content (AvgIpc) is 2.39. The Hall–Kier alpha value is -1.16. The average molecular weight is 248 g/mol. The van der Waals surface area contributed by atoms with E-state index in [0.717, 1.165) is 42.3 Å². The first-order chi connectivity index (χ1) is 8.74. The first kappa shape index (κ1) is 11.9. The lowest BCUT2D eigenvalue weighted by Gasteiger charge is -2.26. The summed E-state index contributed by atoms with van der Waals surface area (Å²) < 4.78 is 5.32. The van der Waals surface area contributed by atoms with Gasteiger partial charge < -0.3 is 9.72 Å². The van der Waals surface area contributed by atoms with E-state index in [0.29, 0.717) is 19.1 Å². The smallest absolute Gasteiger partial charge is 0.256 e. The van der Waals surface area contributed by atoms with Crippen molar-refractivity contribution in [1.82, 2.24) is 9.97 Å². The Labute approximate surface area is 107 Å². The van der Waals surface area contributed by atoms with Crippen LogP contribution in [-0.2, 0) is 17.8 Å². The molecule has 1 saturated carbocycles. The van der Waals surface area contributed by atoms with Crippen molar-refractivity contribution in [1.29, 1.82) is 0 Å². The van der Waals surface area contributed by atoms with Crippen molar-refractivity contribution >= 4 is 0 Å². The molecule has 1 aliphatic carbocycles. The number of rotatable bonds is 1. The van der Waals surface area contributed by atoms with Crippen LogP contribution < -0.4 is 5.56 Å². The van der Waals surface area contributed by atoms with E-state index in [9.17, 15) is 4.79 Å². The Kier molecular flexibility index (Phi) is 3.20. The van der Waals surface area contributed by atoms with Gasteiger partial charge in [0, 0.05) is 12.3 Å². The van der Waals surface area contributed by atoms with Crippen molar-refractivity contribution in [2.24, 2.45) is 5.92 Å². The molecule has 98 valence electrons. The van der Waals surface area contributed by atoms with Crippen LogP contribution in [0, 0.1) is 5.92 Å². The van der Waals surface area contributed by atoms with Gasteiger partial charge in [0.25, 0.3) is 5.56 Å². The first-order valence-corrected chi connectivity index (χ1v) is 6.93. The Morgan fingerprint density at radius 1 is 1.28 bits per heavy atom. The minimum atomic E-state index is 0.00771. The van der Waals surface area contributed by atoms with Gasteiger partial charge in [0.2, 0.25) is 0 Å². The third-order valence-electron chi connectivity index (χ3n) is 4.25. The predicted molar refractivity (Wildman–Crippen MR) is 68.6 cm³/mol. The third-order valence-corrected chi connectivity index (χ3v) is 4.25. The summed E-state index contributed by atoms with van der Waals surface area (Å²) in [7, 11) is 0. The summed E-state index contributed by atoms with van der Waals surface area (Å²) in [5.74, 6) is 2.17. The topological polar surface area (TPSA) is 55.0 Å². The van der Waals surface area contributed by atoms with Crippen LogP contribution in [0.3, 0.4) is 0 Å². The lowest BCUT2D eigenvalue weighted by molar-refractivity contribution is 0.107. The molecule has 1 N–H and O–H groups in total. The monoisotopic (exact) mass is 248 g/mol. The number of nitrogens with zero attached hydrogens (tertiary/aromatic N) is 1. The quantitative estimate of drug-likeness (QED) is 0.828. The molecule has 0 saturated heterocycles. The van der Waals surface area contributed by atoms with Gasteiger partial charge in [-0.15, -0.1) is 0 Å². The molecule has 1 aromatic heterocycles. The van der Waals surface area contributed by atoms with Gasteiger partial charge in [0.15, 0.2) is 0 Å². The van der Waals surface area contributed by atoms with Gasteiger partial charge in [-0.3, -0.25) is 4.79 Å². The SMILES string of the molecule is CC1CCC(c2nc3c(c(=O)[nH]2)COCC3)CC1. The highest BCUT2D eigenvalue weighted by Crippen LogP contribution is 2.33. The van der Waals surface area contributed by atoms with Crippen LogP contribution >= 0.6 is 0 Å². The lowest BCUT2D eigenvalue weighted by atomic mass is 9.82. The summed E-state index contributed by atoms with van der Waals surface area (Å²) in [6.45, 7) is 3.40. The largest absolute Gasteiger partial charge is 0.376 e. The van der Waals surface area contributed by atoms with Crippen molar-refractivity contribution in [3.8, 4) is 0 Å². The van der Waals surface area contributed by atoms with Crippen LogP contribution in [0.2, 0.25) is 0 Å². The maximum atomic E-state index is 12.0. The van der Waals surface area contributed by atoms with Gasteiger partial charge in [0.1, 0.15) is 5.82 Å². The number of hydrogen-bond donors (Lipinski definition) is 1. The molecule has 18 heavy (non-hydrogen) atoms. The van der Waals surface area contributed by atoms with Gasteiger partial charge in [-0.1, -0.05) is 19.8 Å². The van der Waals surface area contributed by atoms with E-state index < -0.39 is 0 Å². The number of H-pyrrole nitrogens is 1. The molecule has 4 heteroatoms. The van der Waals surface area contributed by atoms with Gasteiger partial charge in [-0.2, -0.15) is 0 Å². The Morgan fingerprint density at radius 3 is 2.83 bits per heavy atom. The van der Waals surface area contributed by atoms with Crippen LogP contribution in [0.25, 0.3) is 0 Å². The zero-order valence-electron chi connectivity index (χ0n) is 10.9. The van der Waals surface area contributed by atoms with Gasteiger partial charge in [-0.25, -0.2) is 4.98 Å². The molecule has 2 aliphatic rings. The maximum Gasteiger partial charge on any atom is 0.256 e. The minimum absolute atomic E-state index is 0.00771. The molecule has 0 radical (unpaired) electrons. The number of nitrogens with one attached hydrogen (secondary N) is 1. The van der Waals surface area contributed by atoms with Gasteiger partial charge in [0.05, 0.1) is 24.5 Å². The van der Waals surface area contributed by atoms with Gasteiger partial charge >= 0.3 is 0 Å². The highest BCUT2D eigenvalue weighted by Gasteiger charge is 2.24. The molecular formula is C14H20N2O2. The molecule has 0 spiro atoms. The maximum absolute atomic E-state index is 12.0. The molecule has 3 rings (SSSR count). The highest BCUT2D eigenvalue weighted by molar-refractivity contribution is 5.20. The summed E-state index contributed by atoms with van der Waals surface area (Å²) >= 11 is 0. The van der Waals surface area contributed by atoms with Crippen LogP contribution in [-0.4, -0.2) is 16.6 Å². The molecule has 0 atom stereocenters. The number of aromatic nitrogens is 2. The summed E-state index contributed by atoms with van der Waals surface area (Å²) in [6.07, 6.45) is 5.57. The summed E-state index contributed by atoms with van der Waals surface area (Å²) in [5.41, 5.74) is 1.70. The number of ether oxygens (including phenoxy) is 1. The summed E-state index contributed by atoms with van der Waals surface area (Å²) in [4.78, 5) is 19.7. The fourth-order valence-electron chi connectivity index (χ4n) is 2.99. The fourth-order valence-corrected chi connectivity index (χ4v) is 2.99. The number of aromatic amines is 1. The Morgan fingerprint density at radius 2 is 2.06 bits per heavy atom. The van der Waals surface area contributed by atoms with Gasteiger partial charge in [-0.05, 0) is 18.8 Å². The summed E-state index contributed by atoms with van der Waals surface area (Å²) in [6, 6.07) is 0. The molecule has 0 amide bonds. The van der Waals surface area contributed by atoms with Crippen LogP contribution in [0.1, 0.15) is 55.6 Å². The van der Waals surface area contributed by atoms with Crippen LogP contribution in [0.5, 0.6) is 0 Å². The van der Waals surface area contributed by atoms with E-state index in [1.807, 2.05) is 0 Å². The molecule has 0 bridgehead atoms. The normalized spacial score (nSPS) is 27.8. The van der Waals surface area contributed by atoms with Crippen molar-refractivity contribution in [3.05, 3.63) is 27.4 Å². The van der Waals surface area contributed by atoms with E-state index in [-0.39, 0.29) is 5.56 Å². The molecule has 2 heterocycles. The fraction of sp³-hybridized carbons (Fsp3) is 0.714. The van der Waals surface area contributed by atoms with E-state index in [1.165, 1.54) is 12.8 Å². The second-order valence-electron chi connectivity index (χ2n) is 5.64. The van der Waals surface area contributed by atoms with E-state index in [4.69, 9.17) is 4.74 Å². The molecule has 0 unspecified atom stereocenters. The molecule has 1 aliphatic heterocycles. The summed E-state index contributed by atoms with van der Waals surface area (Å²) in [5, 5.41) is 0. The van der Waals surface area contributed by atoms with Crippen molar-refractivity contribution in [3.63, 3.8) is 0 Å².